The summed E-state index contributed by atoms with van der Waals surface area (Å²) in [5.74, 6) is 1.51. The van der Waals surface area contributed by atoms with Crippen LogP contribution in [0.15, 0.2) is 30.3 Å². The minimum absolute atomic E-state index is 0.324. The first-order valence-electron chi connectivity index (χ1n) is 8.27. The summed E-state index contributed by atoms with van der Waals surface area (Å²) < 4.78 is 0. The van der Waals surface area contributed by atoms with Crippen LogP contribution in [-0.2, 0) is 5.54 Å². The summed E-state index contributed by atoms with van der Waals surface area (Å²) in [5.41, 5.74) is 7.73. The first-order valence-corrected chi connectivity index (χ1v) is 8.27. The lowest BCUT2D eigenvalue weighted by Gasteiger charge is -2.53. The standard InChI is InChI=1S/C18H28N2/c1-15(14-19)16-8-10-18(11-9-16,20-12-5-13-20)17-6-3-2-4-7-17/h2-4,6-7,15-16H,5,8-14,19H2,1H3. The molecule has 2 heteroatoms. The van der Waals surface area contributed by atoms with Crippen LogP contribution in [0.3, 0.4) is 0 Å². The van der Waals surface area contributed by atoms with E-state index in [-0.39, 0.29) is 0 Å². The molecule has 3 rings (SSSR count). The molecule has 2 fully saturated rings. The van der Waals surface area contributed by atoms with Crippen molar-refractivity contribution in [3.8, 4) is 0 Å². The summed E-state index contributed by atoms with van der Waals surface area (Å²) in [6.45, 7) is 5.73. The molecule has 1 unspecified atom stereocenters. The maximum atomic E-state index is 5.87. The third-order valence-electron chi connectivity index (χ3n) is 5.81. The van der Waals surface area contributed by atoms with Gasteiger partial charge in [-0.3, -0.25) is 4.90 Å². The van der Waals surface area contributed by atoms with Crippen molar-refractivity contribution < 1.29 is 0 Å². The molecule has 0 radical (unpaired) electrons. The fraction of sp³-hybridized carbons (Fsp3) is 0.667. The predicted octanol–water partition coefficient (Wildman–Crippen LogP) is 3.37. The maximum absolute atomic E-state index is 5.87. The number of hydrogen-bond acceptors (Lipinski definition) is 2. The first-order chi connectivity index (χ1) is 9.76. The van der Waals surface area contributed by atoms with E-state index < -0.39 is 0 Å². The smallest absolute Gasteiger partial charge is 0.0460 e. The lowest BCUT2D eigenvalue weighted by molar-refractivity contribution is -0.0183. The van der Waals surface area contributed by atoms with E-state index in [4.69, 9.17) is 5.73 Å². The van der Waals surface area contributed by atoms with Crippen LogP contribution in [0.25, 0.3) is 0 Å². The lowest BCUT2D eigenvalue weighted by atomic mass is 9.68. The van der Waals surface area contributed by atoms with E-state index in [1.54, 1.807) is 5.56 Å². The van der Waals surface area contributed by atoms with Gasteiger partial charge in [0.15, 0.2) is 0 Å². The molecule has 2 N–H and O–H groups in total. The molecule has 0 aromatic heterocycles. The summed E-state index contributed by atoms with van der Waals surface area (Å²) in [6.07, 6.45) is 6.67. The SMILES string of the molecule is CC(CN)C1CCC(c2ccccc2)(N2CCC2)CC1. The Morgan fingerprint density at radius 3 is 2.35 bits per heavy atom. The highest BCUT2D eigenvalue weighted by Gasteiger charge is 2.44. The summed E-state index contributed by atoms with van der Waals surface area (Å²) in [7, 11) is 0. The van der Waals surface area contributed by atoms with Crippen molar-refractivity contribution in [2.75, 3.05) is 19.6 Å². The number of nitrogens with two attached hydrogens (primary N) is 1. The third kappa shape index (κ3) is 2.40. The zero-order valence-corrected chi connectivity index (χ0v) is 12.7. The molecule has 2 aliphatic rings. The van der Waals surface area contributed by atoms with Gasteiger partial charge < -0.3 is 5.73 Å². The molecular weight excluding hydrogens is 244 g/mol. The van der Waals surface area contributed by atoms with E-state index in [1.807, 2.05) is 0 Å². The number of rotatable bonds is 4. The second-order valence-corrected chi connectivity index (χ2v) is 6.79. The Labute approximate surface area is 123 Å². The molecule has 2 nitrogen and oxygen atoms in total. The van der Waals surface area contributed by atoms with E-state index in [0.717, 1.165) is 12.5 Å². The fourth-order valence-electron chi connectivity index (χ4n) is 4.16. The topological polar surface area (TPSA) is 29.3 Å². The van der Waals surface area contributed by atoms with Gasteiger partial charge in [-0.2, -0.15) is 0 Å². The van der Waals surface area contributed by atoms with Crippen molar-refractivity contribution >= 4 is 0 Å². The highest BCUT2D eigenvalue weighted by molar-refractivity contribution is 5.26. The normalized spacial score (nSPS) is 32.6. The highest BCUT2D eigenvalue weighted by Crippen LogP contribution is 2.47. The van der Waals surface area contributed by atoms with E-state index in [1.165, 1.54) is 45.2 Å². The van der Waals surface area contributed by atoms with Gasteiger partial charge >= 0.3 is 0 Å². The van der Waals surface area contributed by atoms with Crippen LogP contribution in [0.2, 0.25) is 0 Å². The number of benzene rings is 1. The summed E-state index contributed by atoms with van der Waals surface area (Å²) in [6, 6.07) is 11.2. The zero-order chi connectivity index (χ0) is 14.0. The van der Waals surface area contributed by atoms with Crippen LogP contribution < -0.4 is 5.73 Å². The van der Waals surface area contributed by atoms with Crippen LogP contribution in [0.4, 0.5) is 0 Å². The average molecular weight is 272 g/mol. The maximum Gasteiger partial charge on any atom is 0.0460 e. The van der Waals surface area contributed by atoms with Gasteiger partial charge in [-0.15, -0.1) is 0 Å². The Morgan fingerprint density at radius 2 is 1.85 bits per heavy atom. The van der Waals surface area contributed by atoms with Gasteiger partial charge in [0.2, 0.25) is 0 Å². The summed E-state index contributed by atoms with van der Waals surface area (Å²) in [4.78, 5) is 2.73. The first kappa shape index (κ1) is 14.1. The fourth-order valence-corrected chi connectivity index (χ4v) is 4.16. The van der Waals surface area contributed by atoms with Crippen molar-refractivity contribution in [3.05, 3.63) is 35.9 Å². The third-order valence-corrected chi connectivity index (χ3v) is 5.81. The second-order valence-electron chi connectivity index (χ2n) is 6.79. The van der Waals surface area contributed by atoms with E-state index in [2.05, 4.69) is 42.2 Å². The van der Waals surface area contributed by atoms with Gasteiger partial charge in [-0.25, -0.2) is 0 Å². The van der Waals surface area contributed by atoms with Gasteiger partial charge in [-0.05, 0) is 56.0 Å². The van der Waals surface area contributed by atoms with Crippen LogP contribution in [-0.4, -0.2) is 24.5 Å². The minimum Gasteiger partial charge on any atom is -0.330 e. The van der Waals surface area contributed by atoms with Crippen molar-refractivity contribution in [1.82, 2.24) is 4.90 Å². The Balaban J connectivity index is 1.80. The molecule has 0 bridgehead atoms. The lowest BCUT2D eigenvalue weighted by Crippen LogP contribution is -2.55. The molecule has 1 heterocycles. The van der Waals surface area contributed by atoms with Gasteiger partial charge in [0.1, 0.15) is 0 Å². The molecule has 20 heavy (non-hydrogen) atoms. The molecule has 1 aromatic carbocycles. The Hall–Kier alpha value is -0.860. The Bertz CT molecular complexity index is 416. The monoisotopic (exact) mass is 272 g/mol. The second kappa shape index (κ2) is 5.87. The molecule has 1 atom stereocenters. The predicted molar refractivity (Wildman–Crippen MR) is 84.5 cm³/mol. The van der Waals surface area contributed by atoms with Crippen molar-refractivity contribution in [2.45, 2.75) is 44.6 Å². The van der Waals surface area contributed by atoms with Gasteiger partial charge in [0.05, 0.1) is 0 Å². The van der Waals surface area contributed by atoms with Crippen LogP contribution in [0.1, 0.15) is 44.6 Å². The number of hydrogen-bond donors (Lipinski definition) is 1. The van der Waals surface area contributed by atoms with Crippen LogP contribution >= 0.6 is 0 Å². The molecule has 0 amide bonds. The zero-order valence-electron chi connectivity index (χ0n) is 12.7. The van der Waals surface area contributed by atoms with E-state index >= 15 is 0 Å². The molecule has 1 aromatic rings. The van der Waals surface area contributed by atoms with Gasteiger partial charge in [0.25, 0.3) is 0 Å². The van der Waals surface area contributed by atoms with Crippen molar-refractivity contribution in [2.24, 2.45) is 17.6 Å². The molecular formula is C18H28N2. The number of likely N-dealkylation sites (tertiary alicyclic amines) is 1. The summed E-state index contributed by atoms with van der Waals surface area (Å²) >= 11 is 0. The Morgan fingerprint density at radius 1 is 1.20 bits per heavy atom. The summed E-state index contributed by atoms with van der Waals surface area (Å²) in [5, 5.41) is 0. The van der Waals surface area contributed by atoms with Crippen molar-refractivity contribution in [3.63, 3.8) is 0 Å². The van der Waals surface area contributed by atoms with Crippen LogP contribution in [0, 0.1) is 11.8 Å². The molecule has 1 aliphatic carbocycles. The Kier molecular flexibility index (Phi) is 4.13. The molecule has 1 aliphatic heterocycles. The average Bonchev–Trinajstić information content (AvgIpc) is 2.46. The quantitative estimate of drug-likeness (QED) is 0.910. The largest absolute Gasteiger partial charge is 0.330 e. The number of nitrogens with zero attached hydrogens (tertiary/aromatic N) is 1. The van der Waals surface area contributed by atoms with Crippen LogP contribution in [0.5, 0.6) is 0 Å². The van der Waals surface area contributed by atoms with Gasteiger partial charge in [-0.1, -0.05) is 37.3 Å². The molecule has 110 valence electrons. The molecule has 0 spiro atoms. The molecule has 1 saturated heterocycles. The van der Waals surface area contributed by atoms with E-state index in [9.17, 15) is 0 Å². The van der Waals surface area contributed by atoms with Gasteiger partial charge in [0, 0.05) is 18.6 Å². The van der Waals surface area contributed by atoms with Crippen molar-refractivity contribution in [1.29, 1.82) is 0 Å². The highest BCUT2D eigenvalue weighted by atomic mass is 15.2. The minimum atomic E-state index is 0.324. The molecule has 1 saturated carbocycles. The van der Waals surface area contributed by atoms with E-state index in [0.29, 0.717) is 11.5 Å².